The molecule has 0 fully saturated rings. The lowest BCUT2D eigenvalue weighted by atomic mass is 9.79. The zero-order chi connectivity index (χ0) is 22.0. The summed E-state index contributed by atoms with van der Waals surface area (Å²) in [5, 5.41) is 2.94. The molecule has 0 spiro atoms. The van der Waals surface area contributed by atoms with Gasteiger partial charge < -0.3 is 19.7 Å². The van der Waals surface area contributed by atoms with Gasteiger partial charge in [0.2, 0.25) is 11.8 Å². The first-order chi connectivity index (χ1) is 15.0. The minimum atomic E-state index is -0.602. The second-order valence-electron chi connectivity index (χ2n) is 7.28. The molecule has 2 atom stereocenters. The van der Waals surface area contributed by atoms with Crippen molar-refractivity contribution < 1.29 is 19.1 Å². The Balaban J connectivity index is 1.75. The summed E-state index contributed by atoms with van der Waals surface area (Å²) in [6.45, 7) is 0. The van der Waals surface area contributed by atoms with Crippen LogP contribution in [0.5, 0.6) is 11.6 Å². The van der Waals surface area contributed by atoms with E-state index in [9.17, 15) is 9.59 Å². The predicted molar refractivity (Wildman–Crippen MR) is 116 cm³/mol. The summed E-state index contributed by atoms with van der Waals surface area (Å²) < 4.78 is 10.3. The SMILES string of the molecule is COc1ccc([C@@H]2[C@@H](C(=O)Nc3ccc(OC)nc3)c3ccccc3C(=O)N2C)cc1. The first-order valence-electron chi connectivity index (χ1n) is 9.84. The van der Waals surface area contributed by atoms with E-state index in [1.807, 2.05) is 36.4 Å². The van der Waals surface area contributed by atoms with Crippen molar-refractivity contribution in [2.24, 2.45) is 0 Å². The van der Waals surface area contributed by atoms with Crippen LogP contribution in [-0.4, -0.2) is 43.0 Å². The van der Waals surface area contributed by atoms with Gasteiger partial charge in [0.15, 0.2) is 0 Å². The van der Waals surface area contributed by atoms with Crippen LogP contribution in [0.2, 0.25) is 0 Å². The van der Waals surface area contributed by atoms with Crippen molar-refractivity contribution >= 4 is 17.5 Å². The van der Waals surface area contributed by atoms with E-state index >= 15 is 0 Å². The third-order valence-corrected chi connectivity index (χ3v) is 5.53. The van der Waals surface area contributed by atoms with Gasteiger partial charge in [-0.25, -0.2) is 4.98 Å². The molecule has 1 aliphatic rings. The average molecular weight is 417 g/mol. The largest absolute Gasteiger partial charge is 0.497 e. The van der Waals surface area contributed by atoms with Crippen molar-refractivity contribution in [3.8, 4) is 11.6 Å². The van der Waals surface area contributed by atoms with Gasteiger partial charge in [0, 0.05) is 18.7 Å². The van der Waals surface area contributed by atoms with Gasteiger partial charge in [0.05, 0.1) is 38.1 Å². The van der Waals surface area contributed by atoms with Crippen LogP contribution in [0.25, 0.3) is 0 Å². The topological polar surface area (TPSA) is 80.8 Å². The predicted octanol–water partition coefficient (Wildman–Crippen LogP) is 3.65. The third-order valence-electron chi connectivity index (χ3n) is 5.53. The maximum atomic E-state index is 13.5. The van der Waals surface area contributed by atoms with Crippen molar-refractivity contribution in [1.29, 1.82) is 0 Å². The number of hydrogen-bond donors (Lipinski definition) is 1. The summed E-state index contributed by atoms with van der Waals surface area (Å²) in [6, 6.07) is 17.6. The monoisotopic (exact) mass is 417 g/mol. The molecule has 7 heteroatoms. The van der Waals surface area contributed by atoms with E-state index < -0.39 is 12.0 Å². The van der Waals surface area contributed by atoms with Gasteiger partial charge in [0.25, 0.3) is 5.91 Å². The Morgan fingerprint density at radius 1 is 1.00 bits per heavy atom. The first kappa shape index (κ1) is 20.4. The fourth-order valence-corrected chi connectivity index (χ4v) is 3.97. The number of anilines is 1. The number of nitrogens with one attached hydrogen (secondary N) is 1. The number of methoxy groups -OCH3 is 2. The molecule has 7 nitrogen and oxygen atoms in total. The minimum Gasteiger partial charge on any atom is -0.497 e. The van der Waals surface area contributed by atoms with Crippen molar-refractivity contribution in [2.75, 3.05) is 26.6 Å². The fourth-order valence-electron chi connectivity index (χ4n) is 3.97. The molecule has 2 aromatic carbocycles. The Bertz CT molecular complexity index is 1100. The molecule has 0 aliphatic carbocycles. The molecule has 1 N–H and O–H groups in total. The van der Waals surface area contributed by atoms with E-state index in [0.717, 1.165) is 5.56 Å². The summed E-state index contributed by atoms with van der Waals surface area (Å²) in [5.41, 5.74) is 2.63. The molecule has 0 unspecified atom stereocenters. The van der Waals surface area contributed by atoms with Crippen molar-refractivity contribution in [3.05, 3.63) is 83.6 Å². The number of carbonyl (C=O) groups excluding carboxylic acids is 2. The van der Waals surface area contributed by atoms with Crippen molar-refractivity contribution in [2.45, 2.75) is 12.0 Å². The molecule has 3 aromatic rings. The molecule has 0 saturated heterocycles. The molecule has 0 radical (unpaired) electrons. The third kappa shape index (κ3) is 3.82. The fraction of sp³-hybridized carbons (Fsp3) is 0.208. The highest BCUT2D eigenvalue weighted by atomic mass is 16.5. The van der Waals surface area contributed by atoms with Gasteiger partial charge >= 0.3 is 0 Å². The second-order valence-corrected chi connectivity index (χ2v) is 7.28. The van der Waals surface area contributed by atoms with E-state index in [4.69, 9.17) is 9.47 Å². The van der Waals surface area contributed by atoms with Gasteiger partial charge in [-0.1, -0.05) is 30.3 Å². The van der Waals surface area contributed by atoms with Gasteiger partial charge in [0.1, 0.15) is 5.75 Å². The molecule has 1 aromatic heterocycles. The van der Waals surface area contributed by atoms with E-state index in [1.54, 1.807) is 49.5 Å². The van der Waals surface area contributed by atoms with E-state index in [2.05, 4.69) is 10.3 Å². The van der Waals surface area contributed by atoms with Crippen LogP contribution in [0.15, 0.2) is 66.9 Å². The highest BCUT2D eigenvalue weighted by Gasteiger charge is 2.42. The highest BCUT2D eigenvalue weighted by Crippen LogP contribution is 2.42. The zero-order valence-electron chi connectivity index (χ0n) is 17.5. The molecule has 31 heavy (non-hydrogen) atoms. The molecule has 158 valence electrons. The lowest BCUT2D eigenvalue weighted by Gasteiger charge is -2.39. The van der Waals surface area contributed by atoms with Gasteiger partial charge in [-0.05, 0) is 35.4 Å². The van der Waals surface area contributed by atoms with Crippen LogP contribution in [0.4, 0.5) is 5.69 Å². The molecular formula is C24H23N3O4. The van der Waals surface area contributed by atoms with Crippen molar-refractivity contribution in [1.82, 2.24) is 9.88 Å². The lowest BCUT2D eigenvalue weighted by molar-refractivity contribution is -0.119. The Morgan fingerprint density at radius 3 is 2.39 bits per heavy atom. The Morgan fingerprint density at radius 2 is 1.74 bits per heavy atom. The molecular weight excluding hydrogens is 394 g/mol. The second kappa shape index (κ2) is 8.47. The van der Waals surface area contributed by atoms with Crippen LogP contribution in [0.3, 0.4) is 0 Å². The maximum absolute atomic E-state index is 13.5. The van der Waals surface area contributed by atoms with Crippen LogP contribution in [0, 0.1) is 0 Å². The zero-order valence-corrected chi connectivity index (χ0v) is 17.5. The maximum Gasteiger partial charge on any atom is 0.254 e. The normalized spacial score (nSPS) is 17.6. The summed E-state index contributed by atoms with van der Waals surface area (Å²) in [5.74, 6) is 0.224. The quantitative estimate of drug-likeness (QED) is 0.685. The molecule has 0 saturated carbocycles. The van der Waals surface area contributed by atoms with E-state index in [1.165, 1.54) is 7.11 Å². The first-order valence-corrected chi connectivity index (χ1v) is 9.84. The van der Waals surface area contributed by atoms with Gasteiger partial charge in [-0.3, -0.25) is 9.59 Å². The summed E-state index contributed by atoms with van der Waals surface area (Å²) in [4.78, 5) is 32.4. The molecule has 4 rings (SSSR count). The highest BCUT2D eigenvalue weighted by molar-refractivity contribution is 6.04. The lowest BCUT2D eigenvalue weighted by Crippen LogP contribution is -2.44. The van der Waals surface area contributed by atoms with Crippen LogP contribution in [0.1, 0.15) is 33.4 Å². The smallest absolute Gasteiger partial charge is 0.254 e. The molecule has 2 heterocycles. The number of fused-ring (bicyclic) bond motifs is 1. The molecule has 1 aliphatic heterocycles. The number of amides is 2. The van der Waals surface area contributed by atoms with Crippen LogP contribution >= 0.6 is 0 Å². The Kier molecular flexibility index (Phi) is 5.58. The van der Waals surface area contributed by atoms with Gasteiger partial charge in [-0.15, -0.1) is 0 Å². The Hall–Kier alpha value is -3.87. The number of ether oxygens (including phenoxy) is 2. The summed E-state index contributed by atoms with van der Waals surface area (Å²) >= 11 is 0. The summed E-state index contributed by atoms with van der Waals surface area (Å²) in [6.07, 6.45) is 1.54. The Labute approximate surface area is 180 Å². The minimum absolute atomic E-state index is 0.119. The average Bonchev–Trinajstić information content (AvgIpc) is 2.81. The van der Waals surface area contributed by atoms with E-state index in [-0.39, 0.29) is 11.8 Å². The summed E-state index contributed by atoms with van der Waals surface area (Å²) in [7, 11) is 4.86. The van der Waals surface area contributed by atoms with Gasteiger partial charge in [-0.2, -0.15) is 0 Å². The number of likely N-dealkylation sites (N-methyl/N-ethyl adjacent to an activating group) is 1. The van der Waals surface area contributed by atoms with Crippen molar-refractivity contribution in [3.63, 3.8) is 0 Å². The number of hydrogen-bond acceptors (Lipinski definition) is 5. The number of rotatable bonds is 5. The number of carbonyl (C=O) groups is 2. The van der Waals surface area contributed by atoms with Crippen LogP contribution < -0.4 is 14.8 Å². The van der Waals surface area contributed by atoms with Crippen LogP contribution in [-0.2, 0) is 4.79 Å². The number of benzene rings is 2. The number of aromatic nitrogens is 1. The molecule has 0 bridgehead atoms. The van der Waals surface area contributed by atoms with E-state index in [0.29, 0.717) is 28.4 Å². The number of nitrogens with zero attached hydrogens (tertiary/aromatic N) is 2. The number of pyridine rings is 1. The standard InChI is InChI=1S/C24H23N3O4/c1-27-22(15-8-11-17(30-2)12-9-15)21(18-6-4-5-7-19(18)24(27)29)23(28)26-16-10-13-20(31-3)25-14-16/h4-14,21-22H,1-3H3,(H,26,28)/t21-,22+/m0/s1. The molecule has 2 amide bonds.